The van der Waals surface area contributed by atoms with Crippen molar-refractivity contribution in [3.63, 3.8) is 0 Å². The molecule has 78 valence electrons. The van der Waals surface area contributed by atoms with Crippen LogP contribution in [0.2, 0.25) is 0 Å². The highest BCUT2D eigenvalue weighted by Gasteiger charge is 2.32. The van der Waals surface area contributed by atoms with Crippen LogP contribution in [0.25, 0.3) is 10.9 Å². The van der Waals surface area contributed by atoms with Crippen LogP contribution in [-0.2, 0) is 10.5 Å². The van der Waals surface area contributed by atoms with Gasteiger partial charge in [-0.1, -0.05) is 18.2 Å². The van der Waals surface area contributed by atoms with Crippen LogP contribution in [0.5, 0.6) is 0 Å². The van der Waals surface area contributed by atoms with Gasteiger partial charge >= 0.3 is 5.97 Å². The van der Waals surface area contributed by atoms with Gasteiger partial charge in [-0.3, -0.25) is 0 Å². The molecule has 0 aliphatic rings. The molecule has 1 unspecified atom stereocenters. The number of hydrogen-bond acceptors (Lipinski definition) is 2. The van der Waals surface area contributed by atoms with Crippen molar-refractivity contribution < 1.29 is 15.0 Å². The van der Waals surface area contributed by atoms with Crippen molar-refractivity contribution >= 4 is 16.9 Å². The molecule has 0 aliphatic heterocycles. The zero-order chi connectivity index (χ0) is 11.1. The van der Waals surface area contributed by atoms with Gasteiger partial charge in [-0.25, -0.2) is 4.79 Å². The summed E-state index contributed by atoms with van der Waals surface area (Å²) in [6, 6.07) is 9.07. The second-order valence-corrected chi connectivity index (χ2v) is 3.57. The number of aliphatic carboxylic acids is 1. The van der Waals surface area contributed by atoms with Gasteiger partial charge in [0.15, 0.2) is 0 Å². The topological polar surface area (TPSA) is 62.5 Å². The van der Waals surface area contributed by atoms with Gasteiger partial charge in [-0.05, 0) is 24.4 Å². The molecule has 0 saturated heterocycles. The summed E-state index contributed by atoms with van der Waals surface area (Å²) in [4.78, 5) is 10.9. The third kappa shape index (κ3) is 1.39. The number of aliphatic hydroxyl groups is 1. The van der Waals surface area contributed by atoms with E-state index in [-0.39, 0.29) is 0 Å². The summed E-state index contributed by atoms with van der Waals surface area (Å²) in [6.45, 7) is 1.25. The fourth-order valence-corrected chi connectivity index (χ4v) is 1.57. The Kier molecular flexibility index (Phi) is 2.01. The van der Waals surface area contributed by atoms with E-state index in [2.05, 4.69) is 0 Å². The van der Waals surface area contributed by atoms with Crippen molar-refractivity contribution in [3.8, 4) is 0 Å². The lowest BCUT2D eigenvalue weighted by Gasteiger charge is -2.21. The normalized spacial score (nSPS) is 15.1. The minimum atomic E-state index is -1.91. The highest BCUT2D eigenvalue weighted by molar-refractivity contribution is 5.83. The summed E-state index contributed by atoms with van der Waals surface area (Å²) in [7, 11) is 0. The number of fused-ring (bicyclic) bond motifs is 1. The van der Waals surface area contributed by atoms with E-state index in [4.69, 9.17) is 5.11 Å². The molecule has 4 heteroatoms. The molecule has 1 atom stereocenters. The van der Waals surface area contributed by atoms with Crippen molar-refractivity contribution in [1.29, 1.82) is 0 Å². The predicted octanol–water partition coefficient (Wildman–Crippen LogP) is 1.39. The fourth-order valence-electron chi connectivity index (χ4n) is 1.57. The maximum atomic E-state index is 10.9. The second-order valence-electron chi connectivity index (χ2n) is 3.57. The van der Waals surface area contributed by atoms with Gasteiger partial charge in [0.2, 0.25) is 5.72 Å². The number of aromatic nitrogens is 1. The third-order valence-corrected chi connectivity index (χ3v) is 2.47. The van der Waals surface area contributed by atoms with E-state index in [1.165, 1.54) is 11.5 Å². The SMILES string of the molecule is CC(O)(C(=O)O)n1ccc2ccccc21. The lowest BCUT2D eigenvalue weighted by atomic mass is 10.2. The molecule has 0 fully saturated rings. The van der Waals surface area contributed by atoms with Crippen LogP contribution in [-0.4, -0.2) is 20.7 Å². The molecule has 0 amide bonds. The smallest absolute Gasteiger partial charge is 0.357 e. The van der Waals surface area contributed by atoms with Crippen LogP contribution in [0.1, 0.15) is 6.92 Å². The van der Waals surface area contributed by atoms with Gasteiger partial charge in [0.05, 0.1) is 5.52 Å². The third-order valence-electron chi connectivity index (χ3n) is 2.47. The zero-order valence-corrected chi connectivity index (χ0v) is 8.21. The van der Waals surface area contributed by atoms with Gasteiger partial charge < -0.3 is 14.8 Å². The van der Waals surface area contributed by atoms with E-state index in [0.717, 1.165) is 5.39 Å². The Morgan fingerprint density at radius 1 is 1.33 bits per heavy atom. The molecule has 0 saturated carbocycles. The van der Waals surface area contributed by atoms with Gasteiger partial charge in [0.25, 0.3) is 0 Å². The molecular formula is C11H11NO3. The summed E-state index contributed by atoms with van der Waals surface area (Å²) in [5, 5.41) is 19.6. The summed E-state index contributed by atoms with van der Waals surface area (Å²) < 4.78 is 1.34. The minimum absolute atomic E-state index is 0.699. The average molecular weight is 205 g/mol. The molecule has 2 N–H and O–H groups in total. The predicted molar refractivity (Wildman–Crippen MR) is 55.4 cm³/mol. The van der Waals surface area contributed by atoms with Crippen LogP contribution >= 0.6 is 0 Å². The van der Waals surface area contributed by atoms with Crippen LogP contribution in [0.4, 0.5) is 0 Å². The quantitative estimate of drug-likeness (QED) is 0.778. The van der Waals surface area contributed by atoms with Gasteiger partial charge in [0.1, 0.15) is 0 Å². The Balaban J connectivity index is 2.67. The van der Waals surface area contributed by atoms with Crippen LogP contribution in [0.3, 0.4) is 0 Å². The van der Waals surface area contributed by atoms with Crippen LogP contribution in [0.15, 0.2) is 36.5 Å². The summed E-state index contributed by atoms with van der Waals surface area (Å²) >= 11 is 0. The first-order valence-corrected chi connectivity index (χ1v) is 4.56. The Bertz CT molecular complexity index is 513. The van der Waals surface area contributed by atoms with E-state index in [9.17, 15) is 9.90 Å². The minimum Gasteiger partial charge on any atom is -0.478 e. The lowest BCUT2D eigenvalue weighted by molar-refractivity contribution is -0.166. The Hall–Kier alpha value is -1.81. The molecule has 0 bridgehead atoms. The van der Waals surface area contributed by atoms with E-state index >= 15 is 0 Å². The molecule has 4 nitrogen and oxygen atoms in total. The molecule has 1 heterocycles. The van der Waals surface area contributed by atoms with Gasteiger partial charge in [0, 0.05) is 6.20 Å². The molecule has 0 aliphatic carbocycles. The lowest BCUT2D eigenvalue weighted by Crippen LogP contribution is -2.37. The molecule has 1 aromatic carbocycles. The maximum Gasteiger partial charge on any atom is 0.357 e. The summed E-state index contributed by atoms with van der Waals surface area (Å²) in [5.41, 5.74) is -1.21. The fraction of sp³-hybridized carbons (Fsp3) is 0.182. The highest BCUT2D eigenvalue weighted by atomic mass is 16.4. The van der Waals surface area contributed by atoms with Crippen molar-refractivity contribution in [2.75, 3.05) is 0 Å². The molecule has 0 spiro atoms. The van der Waals surface area contributed by atoms with E-state index in [0.29, 0.717) is 5.52 Å². The van der Waals surface area contributed by atoms with Crippen molar-refractivity contribution in [2.45, 2.75) is 12.6 Å². The molecule has 2 aromatic rings. The molecule has 1 aromatic heterocycles. The van der Waals surface area contributed by atoms with Crippen LogP contribution < -0.4 is 0 Å². The number of carboxylic acid groups (broad SMARTS) is 1. The summed E-state index contributed by atoms with van der Waals surface area (Å²) in [6.07, 6.45) is 1.57. The van der Waals surface area contributed by atoms with Crippen LogP contribution in [0, 0.1) is 0 Å². The first kappa shape index (κ1) is 9.73. The second kappa shape index (κ2) is 3.10. The number of carbonyl (C=O) groups is 1. The highest BCUT2D eigenvalue weighted by Crippen LogP contribution is 2.22. The number of nitrogens with zero attached hydrogens (tertiary/aromatic N) is 1. The molecule has 2 rings (SSSR count). The number of para-hydroxylation sites is 1. The molecule has 15 heavy (non-hydrogen) atoms. The van der Waals surface area contributed by atoms with Gasteiger partial charge in [-0.2, -0.15) is 0 Å². The zero-order valence-electron chi connectivity index (χ0n) is 8.21. The van der Waals surface area contributed by atoms with E-state index in [1.807, 2.05) is 12.1 Å². The summed E-state index contributed by atoms with van der Waals surface area (Å²) in [5.74, 6) is -1.27. The Labute approximate surface area is 86.4 Å². The van der Waals surface area contributed by atoms with Crippen molar-refractivity contribution in [2.24, 2.45) is 0 Å². The average Bonchev–Trinajstić information content (AvgIpc) is 2.61. The Morgan fingerprint density at radius 3 is 2.67 bits per heavy atom. The standard InChI is InChI=1S/C11H11NO3/c1-11(15,10(13)14)12-7-6-8-4-2-3-5-9(8)12/h2-7,15H,1H3,(H,13,14). The molecule has 0 radical (unpaired) electrons. The monoisotopic (exact) mass is 205 g/mol. The van der Waals surface area contributed by atoms with E-state index < -0.39 is 11.7 Å². The van der Waals surface area contributed by atoms with Gasteiger partial charge in [-0.15, -0.1) is 0 Å². The van der Waals surface area contributed by atoms with Crippen molar-refractivity contribution in [1.82, 2.24) is 4.57 Å². The van der Waals surface area contributed by atoms with E-state index in [1.54, 1.807) is 24.4 Å². The maximum absolute atomic E-state index is 10.9. The Morgan fingerprint density at radius 2 is 2.00 bits per heavy atom. The number of carboxylic acids is 1. The number of benzene rings is 1. The largest absolute Gasteiger partial charge is 0.478 e. The number of hydrogen-bond donors (Lipinski definition) is 2. The first-order valence-electron chi connectivity index (χ1n) is 4.56. The van der Waals surface area contributed by atoms with Crippen molar-refractivity contribution in [3.05, 3.63) is 36.5 Å². The molecular weight excluding hydrogens is 194 g/mol. The number of rotatable bonds is 2. The first-order chi connectivity index (χ1) is 7.03.